The van der Waals surface area contributed by atoms with Gasteiger partial charge in [0.05, 0.1) is 22.9 Å². The summed E-state index contributed by atoms with van der Waals surface area (Å²) in [6, 6.07) is -0.559. The van der Waals surface area contributed by atoms with Crippen LogP contribution >= 0.6 is 23.1 Å². The van der Waals surface area contributed by atoms with Crippen LogP contribution in [-0.4, -0.2) is 104 Å². The van der Waals surface area contributed by atoms with Gasteiger partial charge in [-0.1, -0.05) is 30.9 Å². The molecule has 2 aromatic rings. The summed E-state index contributed by atoms with van der Waals surface area (Å²) in [6.07, 6.45) is 5.35. The van der Waals surface area contributed by atoms with Crippen LogP contribution < -0.4 is 4.57 Å². The van der Waals surface area contributed by atoms with Gasteiger partial charge in [-0.2, -0.15) is 17.6 Å². The lowest BCUT2D eigenvalue weighted by atomic mass is 9.79. The standard InChI is InChI=1S/C27H33FN4O6S2.CHF3O3S/c1-5-8-38-27(37)31-12-19(10-17(31)9-18-11-30-16(4)29(7-6-28)13-20(30)39-18)40-24-14(2)22-21(15(3)33)25(34)32(22)23(24)26(35)36;2-1(3,4)8(5,6)7/h5,11,13-15,17,19,21-22,33H,1,6-10,12H2,2-4H3;(H,5,6,7)/t14-,15-,17-,19+,21-,22-;/m1./s1. The zero-order chi connectivity index (χ0) is 35.9. The van der Waals surface area contributed by atoms with Crippen molar-refractivity contribution in [2.75, 3.05) is 19.8 Å². The van der Waals surface area contributed by atoms with Gasteiger partial charge in [-0.15, -0.1) is 11.8 Å². The van der Waals surface area contributed by atoms with E-state index in [0.29, 0.717) is 30.8 Å². The Kier molecular flexibility index (Phi) is 11.2. The second kappa shape index (κ2) is 14.3. The van der Waals surface area contributed by atoms with Gasteiger partial charge >= 0.3 is 17.6 Å². The predicted octanol–water partition coefficient (Wildman–Crippen LogP) is 2.81. The molecule has 0 saturated carbocycles. The number of thioether (sulfide) groups is 1. The van der Waals surface area contributed by atoms with Gasteiger partial charge in [-0.25, -0.2) is 27.0 Å². The average Bonchev–Trinajstić information content (AvgIpc) is 3.69. The van der Waals surface area contributed by atoms with E-state index < -0.39 is 46.4 Å². The number of aromatic nitrogens is 2. The van der Waals surface area contributed by atoms with E-state index in [4.69, 9.17) is 17.7 Å². The lowest BCUT2D eigenvalue weighted by molar-refractivity contribution is -0.701. The molecule has 0 spiro atoms. The highest BCUT2D eigenvalue weighted by Gasteiger charge is 2.60. The Hall–Kier alpha value is -3.20. The number of aliphatic carboxylic acids is 1. The number of halogens is 4. The van der Waals surface area contributed by atoms with Crippen molar-refractivity contribution in [1.82, 2.24) is 14.2 Å². The van der Waals surface area contributed by atoms with Gasteiger partial charge in [0.2, 0.25) is 10.7 Å². The van der Waals surface area contributed by atoms with Crippen LogP contribution in [0, 0.1) is 18.8 Å². The SMILES string of the molecule is C=CCOC(=O)N1C[C@@H](SC2=C(C(=O)O)N3C(=O)[C@H]([C@@H](C)O)[C@H]3[C@H]2C)C[C@H]1Cc1cn2c(C)[n+](CCF)cc2s1.O=S(=O)([O-])C(F)(F)F. The first-order valence-corrected chi connectivity index (χ1v) is 17.7. The summed E-state index contributed by atoms with van der Waals surface area (Å²) in [6.45, 7) is 9.32. The molecule has 266 valence electrons. The lowest BCUT2D eigenvalue weighted by Crippen LogP contribution is -2.63. The molecule has 2 saturated heterocycles. The Balaban J connectivity index is 0.000000579. The van der Waals surface area contributed by atoms with E-state index in [-0.39, 0.29) is 41.5 Å². The maximum absolute atomic E-state index is 13.0. The molecule has 13 nitrogen and oxygen atoms in total. The summed E-state index contributed by atoms with van der Waals surface area (Å²) >= 11 is 3.00. The number of ether oxygens (including phenoxy) is 1. The second-order valence-electron chi connectivity index (χ2n) is 11.5. The van der Waals surface area contributed by atoms with Crippen LogP contribution in [0.2, 0.25) is 0 Å². The summed E-state index contributed by atoms with van der Waals surface area (Å²) < 4.78 is 81.1. The Morgan fingerprint density at radius 2 is 2.00 bits per heavy atom. The number of aliphatic hydroxyl groups excluding tert-OH is 1. The van der Waals surface area contributed by atoms with Crippen LogP contribution in [0.5, 0.6) is 0 Å². The lowest BCUT2D eigenvalue weighted by Gasteiger charge is -2.46. The molecule has 2 amide bonds. The Morgan fingerprint density at radius 1 is 1.35 bits per heavy atom. The number of alkyl halides is 4. The average molecular weight is 743 g/mol. The number of carbonyl (C=O) groups is 3. The number of amides is 2. The van der Waals surface area contributed by atoms with Gasteiger partial charge < -0.3 is 29.3 Å². The van der Waals surface area contributed by atoms with Crippen molar-refractivity contribution in [1.29, 1.82) is 0 Å². The first-order chi connectivity index (χ1) is 22.3. The van der Waals surface area contributed by atoms with Gasteiger partial charge in [0, 0.05) is 42.0 Å². The van der Waals surface area contributed by atoms with Crippen molar-refractivity contribution in [2.45, 2.75) is 69.1 Å². The molecule has 5 heterocycles. The van der Waals surface area contributed by atoms with Crippen LogP contribution in [0.4, 0.5) is 22.4 Å². The van der Waals surface area contributed by atoms with Crippen LogP contribution in [0.1, 0.15) is 31.0 Å². The molecule has 0 bridgehead atoms. The minimum atomic E-state index is -6.09. The molecule has 48 heavy (non-hydrogen) atoms. The number of carboxylic acid groups (broad SMARTS) is 1. The third-order valence-electron chi connectivity index (χ3n) is 8.36. The summed E-state index contributed by atoms with van der Waals surface area (Å²) in [5, 5.41) is 20.0. The number of thiazole rings is 1. The molecule has 0 aromatic carbocycles. The number of carbonyl (C=O) groups excluding carboxylic acids is 2. The molecule has 6 atom stereocenters. The number of hydrogen-bond acceptors (Lipinski definition) is 10. The molecule has 0 aliphatic carbocycles. The van der Waals surface area contributed by atoms with Crippen molar-refractivity contribution in [2.24, 2.45) is 11.8 Å². The van der Waals surface area contributed by atoms with Crippen LogP contribution in [-0.2, 0) is 37.4 Å². The second-order valence-corrected chi connectivity index (χ2v) is 15.3. The van der Waals surface area contributed by atoms with Gasteiger partial charge in [0.1, 0.15) is 37.9 Å². The van der Waals surface area contributed by atoms with Gasteiger partial charge in [0.25, 0.3) is 5.82 Å². The highest BCUT2D eigenvalue weighted by Crippen LogP contribution is 2.52. The van der Waals surface area contributed by atoms with E-state index in [1.54, 1.807) is 23.2 Å². The molecule has 0 unspecified atom stereocenters. The molecule has 2 aromatic heterocycles. The van der Waals surface area contributed by atoms with Crippen molar-refractivity contribution in [3.05, 3.63) is 46.4 Å². The molecular formula is C28H34F4N4O9S3. The zero-order valence-corrected chi connectivity index (χ0v) is 28.4. The fourth-order valence-corrected chi connectivity index (χ4v) is 8.95. The van der Waals surface area contributed by atoms with Crippen molar-refractivity contribution in [3.8, 4) is 0 Å². The molecule has 2 N–H and O–H groups in total. The Labute approximate surface area is 281 Å². The largest absolute Gasteiger partial charge is 0.741 e. The molecule has 20 heteroatoms. The van der Waals surface area contributed by atoms with Crippen molar-refractivity contribution >= 4 is 56.0 Å². The number of β-lactam (4-membered cyclic amide) rings is 1. The smallest absolute Gasteiger partial charge is 0.485 e. The van der Waals surface area contributed by atoms with Crippen molar-refractivity contribution < 1.29 is 64.4 Å². The molecular weight excluding hydrogens is 709 g/mol. The zero-order valence-electron chi connectivity index (χ0n) is 25.9. The fraction of sp³-hybridized carbons (Fsp3) is 0.571. The summed E-state index contributed by atoms with van der Waals surface area (Å²) in [4.78, 5) is 43.7. The van der Waals surface area contributed by atoms with Crippen molar-refractivity contribution in [3.63, 3.8) is 0 Å². The van der Waals surface area contributed by atoms with Crippen LogP contribution in [0.3, 0.4) is 0 Å². The summed E-state index contributed by atoms with van der Waals surface area (Å²) in [5.74, 6) is -1.47. The molecule has 2 fully saturated rings. The van der Waals surface area contributed by atoms with Gasteiger partial charge in [-0.3, -0.25) is 4.79 Å². The number of rotatable bonds is 10. The number of imidazole rings is 1. The van der Waals surface area contributed by atoms with E-state index in [0.717, 1.165) is 15.5 Å². The summed E-state index contributed by atoms with van der Waals surface area (Å²) in [5.41, 5.74) is -5.66. The maximum atomic E-state index is 13.0. The number of carboxylic acids is 1. The number of aryl methyl sites for hydroxylation is 2. The molecule has 5 rings (SSSR count). The van der Waals surface area contributed by atoms with Crippen LogP contribution in [0.25, 0.3) is 4.83 Å². The number of hydrogen-bond donors (Lipinski definition) is 2. The highest BCUT2D eigenvalue weighted by molar-refractivity contribution is 8.03. The number of nitrogens with zero attached hydrogens (tertiary/aromatic N) is 4. The van der Waals surface area contributed by atoms with E-state index >= 15 is 0 Å². The molecule has 3 aliphatic heterocycles. The third kappa shape index (κ3) is 7.36. The Bertz CT molecular complexity index is 1720. The Morgan fingerprint density at radius 3 is 2.52 bits per heavy atom. The molecule has 3 aliphatic rings. The van der Waals surface area contributed by atoms with Gasteiger partial charge in [-0.05, 0) is 13.3 Å². The topological polar surface area (TPSA) is 173 Å². The normalized spacial score (nSPS) is 24.7. The predicted molar refractivity (Wildman–Crippen MR) is 163 cm³/mol. The monoisotopic (exact) mass is 742 g/mol. The number of likely N-dealkylation sites (tertiary alicyclic amines) is 1. The third-order valence-corrected chi connectivity index (χ3v) is 11.5. The summed E-state index contributed by atoms with van der Waals surface area (Å²) in [7, 11) is -6.09. The number of aliphatic hydroxyl groups is 1. The van der Waals surface area contributed by atoms with Crippen LogP contribution in [0.15, 0.2) is 35.7 Å². The fourth-order valence-electron chi connectivity index (χ4n) is 6.22. The maximum Gasteiger partial charge on any atom is 0.485 e. The number of fused-ring (bicyclic) bond motifs is 2. The minimum Gasteiger partial charge on any atom is -0.741 e. The highest BCUT2D eigenvalue weighted by atomic mass is 32.2. The first kappa shape index (κ1) is 37.6. The quantitative estimate of drug-likeness (QED) is 0.0921. The first-order valence-electron chi connectivity index (χ1n) is 14.6. The van der Waals surface area contributed by atoms with E-state index in [1.807, 2.05) is 35.2 Å². The minimum absolute atomic E-state index is 0.0147. The van der Waals surface area contributed by atoms with E-state index in [1.165, 1.54) is 22.7 Å². The van der Waals surface area contributed by atoms with E-state index in [9.17, 15) is 42.2 Å². The van der Waals surface area contributed by atoms with Gasteiger partial charge in [0.15, 0.2) is 10.1 Å². The molecule has 0 radical (unpaired) electrons. The van der Waals surface area contributed by atoms with E-state index in [2.05, 4.69) is 6.58 Å².